The third-order valence-corrected chi connectivity index (χ3v) is 10.3. The molecular weight excluding hydrogens is 408 g/mol. The maximum Gasteiger partial charge on any atom is 0.398 e. The molecule has 0 unspecified atom stereocenters. The van der Waals surface area contributed by atoms with E-state index in [2.05, 4.69) is 58.9 Å². The lowest BCUT2D eigenvalue weighted by Crippen LogP contribution is -2.44. The van der Waals surface area contributed by atoms with Crippen LogP contribution in [0.2, 0.25) is 12.1 Å². The van der Waals surface area contributed by atoms with Crippen LogP contribution >= 0.6 is 0 Å². The van der Waals surface area contributed by atoms with E-state index in [4.69, 9.17) is 8.85 Å². The van der Waals surface area contributed by atoms with E-state index in [1.807, 2.05) is 0 Å². The first-order chi connectivity index (χ1) is 15.6. The van der Waals surface area contributed by atoms with Crippen LogP contribution in [0.1, 0.15) is 136 Å². The zero-order valence-corrected chi connectivity index (χ0v) is 23.2. The molecular formula is C29H54O2Si. The van der Waals surface area contributed by atoms with Gasteiger partial charge in [-0.05, 0) is 42.1 Å². The molecule has 186 valence electrons. The van der Waals surface area contributed by atoms with E-state index < -0.39 is 8.56 Å². The van der Waals surface area contributed by atoms with Gasteiger partial charge in [-0.15, -0.1) is 0 Å². The molecule has 0 radical (unpaired) electrons. The molecule has 32 heavy (non-hydrogen) atoms. The Balaban J connectivity index is 2.10. The van der Waals surface area contributed by atoms with Crippen molar-refractivity contribution in [1.29, 1.82) is 0 Å². The van der Waals surface area contributed by atoms with Gasteiger partial charge < -0.3 is 8.85 Å². The van der Waals surface area contributed by atoms with Crippen LogP contribution < -0.4 is 4.43 Å². The average Bonchev–Trinajstić information content (AvgIpc) is 2.81. The van der Waals surface area contributed by atoms with Crippen LogP contribution in [0.25, 0.3) is 0 Å². The van der Waals surface area contributed by atoms with E-state index >= 15 is 0 Å². The van der Waals surface area contributed by atoms with Crippen LogP contribution in [0.5, 0.6) is 5.75 Å². The van der Waals surface area contributed by atoms with Crippen LogP contribution in [-0.2, 0) is 4.43 Å². The summed E-state index contributed by atoms with van der Waals surface area (Å²) in [6.45, 7) is 12.1. The smallest absolute Gasteiger partial charge is 0.398 e. The molecule has 1 aromatic carbocycles. The molecule has 0 fully saturated rings. The van der Waals surface area contributed by atoms with Gasteiger partial charge in [0.05, 0.1) is 0 Å². The van der Waals surface area contributed by atoms with Crippen LogP contribution in [0.3, 0.4) is 0 Å². The van der Waals surface area contributed by atoms with Gasteiger partial charge >= 0.3 is 8.56 Å². The van der Waals surface area contributed by atoms with Crippen LogP contribution in [0.15, 0.2) is 24.3 Å². The third-order valence-electron chi connectivity index (χ3n) is 6.79. The van der Waals surface area contributed by atoms with Gasteiger partial charge in [0.1, 0.15) is 5.75 Å². The normalized spacial score (nSPS) is 11.9. The van der Waals surface area contributed by atoms with Gasteiger partial charge in [0.2, 0.25) is 0 Å². The summed E-state index contributed by atoms with van der Waals surface area (Å²) in [5.74, 6) is 1.53. The highest BCUT2D eigenvalue weighted by Crippen LogP contribution is 2.25. The van der Waals surface area contributed by atoms with Crippen LogP contribution in [0.4, 0.5) is 0 Å². The highest BCUT2D eigenvalue weighted by Gasteiger charge is 2.35. The summed E-state index contributed by atoms with van der Waals surface area (Å²) in [7, 11) is -2.13. The van der Waals surface area contributed by atoms with E-state index in [0.717, 1.165) is 24.4 Å². The van der Waals surface area contributed by atoms with Gasteiger partial charge in [0.25, 0.3) is 0 Å². The molecule has 0 saturated heterocycles. The number of hydrogen-bond donors (Lipinski definition) is 0. The Morgan fingerprint density at radius 2 is 1.06 bits per heavy atom. The van der Waals surface area contributed by atoms with Gasteiger partial charge in [-0.25, -0.2) is 0 Å². The average molecular weight is 463 g/mol. The van der Waals surface area contributed by atoms with Crippen LogP contribution in [0, 0.1) is 0 Å². The largest absolute Gasteiger partial charge is 0.520 e. The molecule has 0 bridgehead atoms. The Bertz CT molecular complexity index is 537. The SMILES string of the molecule is CCCCCCCCCCCCCCCCO[Si](CC)(CC)Oc1ccc(C(C)C)cc1. The zero-order valence-electron chi connectivity index (χ0n) is 22.2. The molecule has 0 saturated carbocycles. The van der Waals surface area contributed by atoms with Crippen molar-refractivity contribution in [3.05, 3.63) is 29.8 Å². The van der Waals surface area contributed by atoms with Crippen molar-refractivity contribution < 1.29 is 8.85 Å². The second kappa shape index (κ2) is 18.6. The zero-order chi connectivity index (χ0) is 23.5. The van der Waals surface area contributed by atoms with Crippen molar-refractivity contribution in [2.24, 2.45) is 0 Å². The number of unbranched alkanes of at least 4 members (excludes halogenated alkanes) is 13. The first-order valence-corrected chi connectivity index (χ1v) is 16.2. The third kappa shape index (κ3) is 13.0. The molecule has 1 rings (SSSR count). The minimum Gasteiger partial charge on any atom is -0.520 e. The van der Waals surface area contributed by atoms with E-state index in [-0.39, 0.29) is 0 Å². The van der Waals surface area contributed by atoms with Crippen molar-refractivity contribution in [3.63, 3.8) is 0 Å². The monoisotopic (exact) mass is 462 g/mol. The summed E-state index contributed by atoms with van der Waals surface area (Å²) in [4.78, 5) is 0. The molecule has 0 heterocycles. The Morgan fingerprint density at radius 1 is 0.625 bits per heavy atom. The van der Waals surface area contributed by atoms with Crippen molar-refractivity contribution in [3.8, 4) is 5.75 Å². The van der Waals surface area contributed by atoms with Crippen molar-refractivity contribution >= 4 is 8.56 Å². The number of benzene rings is 1. The van der Waals surface area contributed by atoms with Crippen molar-refractivity contribution in [1.82, 2.24) is 0 Å². The highest BCUT2D eigenvalue weighted by molar-refractivity contribution is 6.68. The summed E-state index contributed by atoms with van der Waals surface area (Å²) in [6, 6.07) is 10.6. The predicted molar refractivity (Wildman–Crippen MR) is 144 cm³/mol. The molecule has 0 aliphatic rings. The van der Waals surface area contributed by atoms with Gasteiger partial charge in [-0.2, -0.15) is 0 Å². The van der Waals surface area contributed by atoms with Gasteiger partial charge in [-0.3, -0.25) is 0 Å². The summed E-state index contributed by atoms with van der Waals surface area (Å²) in [5, 5.41) is 0. The summed E-state index contributed by atoms with van der Waals surface area (Å²) >= 11 is 0. The Morgan fingerprint density at radius 3 is 1.47 bits per heavy atom. The minimum absolute atomic E-state index is 0.556. The van der Waals surface area contributed by atoms with Crippen molar-refractivity contribution in [2.45, 2.75) is 143 Å². The number of hydrogen-bond acceptors (Lipinski definition) is 2. The Labute approximate surface area is 202 Å². The molecule has 0 aliphatic carbocycles. The lowest BCUT2D eigenvalue weighted by Gasteiger charge is -2.29. The highest BCUT2D eigenvalue weighted by atomic mass is 28.4. The lowest BCUT2D eigenvalue weighted by atomic mass is 10.0. The molecule has 0 N–H and O–H groups in total. The molecule has 0 spiro atoms. The van der Waals surface area contributed by atoms with Gasteiger partial charge in [0.15, 0.2) is 0 Å². The summed E-state index contributed by atoms with van der Waals surface area (Å²) in [6.07, 6.45) is 19.5. The minimum atomic E-state index is -2.13. The standard InChI is InChI=1S/C29H54O2Si/c1-6-9-10-11-12-13-14-15-16-17-18-19-20-21-26-30-32(7-2,8-3)31-29-24-22-28(23-25-29)27(4)5/h22-25,27H,6-21,26H2,1-5H3. The number of rotatable bonds is 21. The topological polar surface area (TPSA) is 18.5 Å². The summed E-state index contributed by atoms with van der Waals surface area (Å²) < 4.78 is 12.9. The molecule has 0 aromatic heterocycles. The van der Waals surface area contributed by atoms with Gasteiger partial charge in [0, 0.05) is 6.61 Å². The fourth-order valence-electron chi connectivity index (χ4n) is 4.32. The quantitative estimate of drug-likeness (QED) is 0.134. The van der Waals surface area contributed by atoms with E-state index in [9.17, 15) is 0 Å². The Kier molecular flexibility index (Phi) is 17.0. The second-order valence-electron chi connectivity index (χ2n) is 9.89. The molecule has 0 amide bonds. The Hall–Kier alpha value is -0.803. The molecule has 3 heteroatoms. The lowest BCUT2D eigenvalue weighted by molar-refractivity contribution is 0.230. The van der Waals surface area contributed by atoms with E-state index in [1.54, 1.807) is 0 Å². The maximum absolute atomic E-state index is 6.47. The maximum atomic E-state index is 6.47. The fourth-order valence-corrected chi connectivity index (χ4v) is 6.66. The second-order valence-corrected chi connectivity index (χ2v) is 13.6. The first kappa shape index (κ1) is 29.2. The van der Waals surface area contributed by atoms with E-state index in [1.165, 1.54) is 95.5 Å². The molecule has 0 aliphatic heterocycles. The van der Waals surface area contributed by atoms with Gasteiger partial charge in [-0.1, -0.05) is 130 Å². The molecule has 0 atom stereocenters. The van der Waals surface area contributed by atoms with Crippen molar-refractivity contribution in [2.75, 3.05) is 6.61 Å². The predicted octanol–water partition coefficient (Wildman–Crippen LogP) is 10.2. The van der Waals surface area contributed by atoms with Crippen LogP contribution in [-0.4, -0.2) is 15.2 Å². The summed E-state index contributed by atoms with van der Waals surface area (Å²) in [5.41, 5.74) is 1.36. The first-order valence-electron chi connectivity index (χ1n) is 14.0. The fraction of sp³-hybridized carbons (Fsp3) is 0.793. The molecule has 2 nitrogen and oxygen atoms in total. The van der Waals surface area contributed by atoms with E-state index in [0.29, 0.717) is 5.92 Å². The molecule has 1 aromatic rings.